The number of aliphatic hydroxyl groups excluding tert-OH is 1. The third kappa shape index (κ3) is 4.15. The van der Waals surface area contributed by atoms with Gasteiger partial charge in [0.2, 0.25) is 0 Å². The van der Waals surface area contributed by atoms with E-state index in [-0.39, 0.29) is 0 Å². The molecule has 4 heteroatoms. The van der Waals surface area contributed by atoms with E-state index >= 15 is 0 Å². The van der Waals surface area contributed by atoms with E-state index in [1.54, 1.807) is 6.20 Å². The Labute approximate surface area is 195 Å². The van der Waals surface area contributed by atoms with Crippen molar-refractivity contribution in [2.45, 2.75) is 24.6 Å². The van der Waals surface area contributed by atoms with Gasteiger partial charge in [-0.15, -0.1) is 0 Å². The second-order valence-electron chi connectivity index (χ2n) is 8.54. The third-order valence-electron chi connectivity index (χ3n) is 6.62. The van der Waals surface area contributed by atoms with E-state index in [0.29, 0.717) is 19.5 Å². The van der Waals surface area contributed by atoms with Gasteiger partial charge in [-0.3, -0.25) is 9.58 Å². The maximum atomic E-state index is 10.9. The number of hydrogen-bond donors (Lipinski definition) is 1. The molecule has 0 bridgehead atoms. The summed E-state index contributed by atoms with van der Waals surface area (Å²) in [4.78, 5) is 2.52. The second kappa shape index (κ2) is 9.57. The molecule has 4 aromatic rings. The molecule has 4 nitrogen and oxygen atoms in total. The summed E-state index contributed by atoms with van der Waals surface area (Å²) in [6.07, 6.45) is 6.13. The molecule has 0 aliphatic carbocycles. The minimum atomic E-state index is -0.464. The summed E-state index contributed by atoms with van der Waals surface area (Å²) >= 11 is 0. The van der Waals surface area contributed by atoms with E-state index in [2.05, 4.69) is 107 Å². The van der Waals surface area contributed by atoms with Crippen molar-refractivity contribution in [3.05, 3.63) is 138 Å². The fourth-order valence-corrected chi connectivity index (χ4v) is 5.06. The predicted octanol–water partition coefficient (Wildman–Crippen LogP) is 4.87. The predicted molar refractivity (Wildman–Crippen MR) is 132 cm³/mol. The molecule has 1 fully saturated rings. The first kappa shape index (κ1) is 21.4. The number of aromatic nitrogens is 2. The Kier molecular flexibility index (Phi) is 6.20. The molecule has 1 saturated heterocycles. The Hall–Kier alpha value is -3.47. The Morgan fingerprint density at radius 2 is 1.36 bits per heavy atom. The standard InChI is InChI=1S/C29H29N3O/c33-28-18-21-31(23-24(28)17-22-32-20-10-19-30-32)29(25-11-4-1-5-12-25,26-13-6-2-7-14-26)27-15-8-3-9-16-27/h1-17,19-20,28,33H,18,21-23H2/b24-17+. The first-order valence-corrected chi connectivity index (χ1v) is 11.5. The molecule has 1 aromatic heterocycles. The van der Waals surface area contributed by atoms with Crippen LogP contribution in [0.25, 0.3) is 0 Å². The zero-order valence-electron chi connectivity index (χ0n) is 18.7. The summed E-state index contributed by atoms with van der Waals surface area (Å²) < 4.78 is 1.89. The number of hydrogen-bond acceptors (Lipinski definition) is 3. The van der Waals surface area contributed by atoms with E-state index in [1.807, 2.05) is 16.9 Å². The van der Waals surface area contributed by atoms with Gasteiger partial charge in [0.05, 0.1) is 18.2 Å². The summed E-state index contributed by atoms with van der Waals surface area (Å²) in [5.41, 5.74) is 4.26. The van der Waals surface area contributed by atoms with Crippen LogP contribution in [0.3, 0.4) is 0 Å². The molecule has 1 N–H and O–H groups in total. The van der Waals surface area contributed by atoms with E-state index < -0.39 is 11.6 Å². The van der Waals surface area contributed by atoms with Gasteiger partial charge in [-0.2, -0.15) is 5.10 Å². The van der Waals surface area contributed by atoms with Gasteiger partial charge >= 0.3 is 0 Å². The number of allylic oxidation sites excluding steroid dienone is 1. The van der Waals surface area contributed by atoms with Gasteiger partial charge in [0, 0.05) is 25.5 Å². The van der Waals surface area contributed by atoms with Crippen LogP contribution in [0.4, 0.5) is 0 Å². The van der Waals surface area contributed by atoms with Crippen LogP contribution >= 0.6 is 0 Å². The number of benzene rings is 3. The average molecular weight is 436 g/mol. The van der Waals surface area contributed by atoms with Crippen molar-refractivity contribution in [2.24, 2.45) is 0 Å². The molecule has 1 atom stereocenters. The van der Waals surface area contributed by atoms with Gasteiger partial charge in [0.25, 0.3) is 0 Å². The van der Waals surface area contributed by atoms with Crippen LogP contribution in [0.2, 0.25) is 0 Å². The summed E-state index contributed by atoms with van der Waals surface area (Å²) in [6.45, 7) is 2.13. The molecule has 0 radical (unpaired) electrons. The largest absolute Gasteiger partial charge is 0.389 e. The first-order valence-electron chi connectivity index (χ1n) is 11.5. The molecule has 33 heavy (non-hydrogen) atoms. The lowest BCUT2D eigenvalue weighted by molar-refractivity contribution is 0.0856. The number of aliphatic hydroxyl groups is 1. The molecule has 0 amide bonds. The van der Waals surface area contributed by atoms with Crippen molar-refractivity contribution >= 4 is 0 Å². The Morgan fingerprint density at radius 1 is 0.818 bits per heavy atom. The Morgan fingerprint density at radius 3 is 1.85 bits per heavy atom. The number of rotatable bonds is 6. The number of likely N-dealkylation sites (tertiary alicyclic amines) is 1. The molecule has 1 unspecified atom stereocenters. The lowest BCUT2D eigenvalue weighted by atomic mass is 9.74. The van der Waals surface area contributed by atoms with Gasteiger partial charge in [-0.25, -0.2) is 0 Å². The van der Waals surface area contributed by atoms with Gasteiger partial charge in [0.1, 0.15) is 0 Å². The van der Waals surface area contributed by atoms with E-state index in [0.717, 1.165) is 12.1 Å². The highest BCUT2D eigenvalue weighted by Crippen LogP contribution is 2.44. The SMILES string of the molecule is OC1CCN(C(c2ccccc2)(c2ccccc2)c2ccccc2)C/C1=C\Cn1cccn1. The Balaban J connectivity index is 1.65. The normalized spacial score (nSPS) is 18.5. The minimum absolute atomic E-state index is 0.433. The van der Waals surface area contributed by atoms with Crippen LogP contribution < -0.4 is 0 Å². The van der Waals surface area contributed by atoms with Crippen LogP contribution in [0.15, 0.2) is 121 Å². The van der Waals surface area contributed by atoms with Gasteiger partial charge < -0.3 is 5.11 Å². The summed E-state index contributed by atoms with van der Waals surface area (Å²) in [7, 11) is 0. The summed E-state index contributed by atoms with van der Waals surface area (Å²) in [6, 6.07) is 34.1. The van der Waals surface area contributed by atoms with Gasteiger partial charge in [-0.1, -0.05) is 97.1 Å². The molecular formula is C29H29N3O. The van der Waals surface area contributed by atoms with Crippen molar-refractivity contribution in [2.75, 3.05) is 13.1 Å². The molecule has 1 aliphatic rings. The fraction of sp³-hybridized carbons (Fsp3) is 0.207. The van der Waals surface area contributed by atoms with Gasteiger partial charge in [-0.05, 0) is 34.8 Å². The van der Waals surface area contributed by atoms with Crippen molar-refractivity contribution < 1.29 is 5.11 Å². The summed E-state index contributed by atoms with van der Waals surface area (Å²) in [5, 5.41) is 15.2. The monoisotopic (exact) mass is 435 g/mol. The summed E-state index contributed by atoms with van der Waals surface area (Å²) in [5.74, 6) is 0. The molecule has 166 valence electrons. The highest BCUT2D eigenvalue weighted by molar-refractivity contribution is 5.50. The Bertz CT molecular complexity index is 1070. The van der Waals surface area contributed by atoms with Crippen molar-refractivity contribution in [1.82, 2.24) is 14.7 Å². The molecule has 2 heterocycles. The van der Waals surface area contributed by atoms with Crippen LogP contribution in [0, 0.1) is 0 Å². The lowest BCUT2D eigenvalue weighted by Crippen LogP contribution is -2.53. The van der Waals surface area contributed by atoms with Gasteiger partial charge in [0.15, 0.2) is 0 Å². The number of piperidine rings is 1. The molecule has 1 aliphatic heterocycles. The zero-order valence-corrected chi connectivity index (χ0v) is 18.7. The average Bonchev–Trinajstić information content (AvgIpc) is 3.40. The van der Waals surface area contributed by atoms with E-state index in [4.69, 9.17) is 0 Å². The molecular weight excluding hydrogens is 406 g/mol. The molecule has 0 spiro atoms. The molecule has 3 aromatic carbocycles. The van der Waals surface area contributed by atoms with Crippen molar-refractivity contribution in [3.63, 3.8) is 0 Å². The molecule has 0 saturated carbocycles. The van der Waals surface area contributed by atoms with E-state index in [9.17, 15) is 5.11 Å². The van der Waals surface area contributed by atoms with Crippen molar-refractivity contribution in [1.29, 1.82) is 0 Å². The first-order chi connectivity index (χ1) is 16.3. The zero-order chi connectivity index (χ0) is 22.5. The van der Waals surface area contributed by atoms with Crippen LogP contribution in [0.1, 0.15) is 23.1 Å². The lowest BCUT2D eigenvalue weighted by Gasteiger charge is -2.48. The van der Waals surface area contributed by atoms with Crippen LogP contribution in [-0.4, -0.2) is 39.0 Å². The van der Waals surface area contributed by atoms with Crippen LogP contribution in [-0.2, 0) is 12.1 Å². The highest BCUT2D eigenvalue weighted by atomic mass is 16.3. The topological polar surface area (TPSA) is 41.3 Å². The maximum Gasteiger partial charge on any atom is 0.0975 e. The molecule has 5 rings (SSSR count). The minimum Gasteiger partial charge on any atom is -0.389 e. The second-order valence-corrected chi connectivity index (χ2v) is 8.54. The van der Waals surface area contributed by atoms with E-state index in [1.165, 1.54) is 16.7 Å². The highest BCUT2D eigenvalue weighted by Gasteiger charge is 2.44. The quantitative estimate of drug-likeness (QED) is 0.347. The fourth-order valence-electron chi connectivity index (χ4n) is 5.06. The van der Waals surface area contributed by atoms with Crippen molar-refractivity contribution in [3.8, 4) is 0 Å². The third-order valence-corrected chi connectivity index (χ3v) is 6.62. The maximum absolute atomic E-state index is 10.9. The van der Waals surface area contributed by atoms with Crippen LogP contribution in [0.5, 0.6) is 0 Å². The smallest absolute Gasteiger partial charge is 0.0975 e. The number of nitrogens with zero attached hydrogens (tertiary/aromatic N) is 3.